The van der Waals surface area contributed by atoms with Gasteiger partial charge >= 0.3 is 0 Å². The highest BCUT2D eigenvalue weighted by Crippen LogP contribution is 2.37. The highest BCUT2D eigenvalue weighted by Gasteiger charge is 2.33. The van der Waals surface area contributed by atoms with Gasteiger partial charge < -0.3 is 14.9 Å². The maximum absolute atomic E-state index is 10.5. The largest absolute Gasteiger partial charge is 0.393 e. The molecule has 3 nitrogen and oxygen atoms in total. The van der Waals surface area contributed by atoms with Gasteiger partial charge in [0.1, 0.15) is 0 Å². The maximum atomic E-state index is 10.5. The summed E-state index contributed by atoms with van der Waals surface area (Å²) < 4.78 is 5.34. The summed E-state index contributed by atoms with van der Waals surface area (Å²) in [6, 6.07) is 0. The fourth-order valence-electron chi connectivity index (χ4n) is 4.56. The average Bonchev–Trinajstić information content (AvgIpc) is 2.60. The molecule has 6 atom stereocenters. The molecule has 0 spiro atoms. The second-order valence-electron chi connectivity index (χ2n) is 7.82. The topological polar surface area (TPSA) is 49.7 Å². The molecule has 0 radical (unpaired) electrons. The molecule has 124 valence electrons. The molecular weight excluding hydrogens is 264 g/mol. The number of ether oxygens (including phenoxy) is 1. The summed E-state index contributed by atoms with van der Waals surface area (Å²) in [5, 5.41) is 20.6. The lowest BCUT2D eigenvalue weighted by Gasteiger charge is -2.34. The summed E-state index contributed by atoms with van der Waals surface area (Å²) in [5.41, 5.74) is 0. The minimum Gasteiger partial charge on any atom is -0.393 e. The van der Waals surface area contributed by atoms with Gasteiger partial charge in [-0.15, -0.1) is 0 Å². The molecule has 1 heterocycles. The molecular formula is C18H34O3. The third kappa shape index (κ3) is 4.67. The van der Waals surface area contributed by atoms with Gasteiger partial charge in [0.25, 0.3) is 0 Å². The Bertz CT molecular complexity index is 305. The van der Waals surface area contributed by atoms with Crippen molar-refractivity contribution >= 4 is 0 Å². The van der Waals surface area contributed by atoms with Crippen molar-refractivity contribution in [3.8, 4) is 0 Å². The van der Waals surface area contributed by atoms with Gasteiger partial charge in [0.15, 0.2) is 0 Å². The third-order valence-electron chi connectivity index (χ3n) is 5.89. The van der Waals surface area contributed by atoms with Crippen LogP contribution in [0.1, 0.15) is 59.3 Å². The van der Waals surface area contributed by atoms with Crippen molar-refractivity contribution in [1.82, 2.24) is 0 Å². The molecule has 21 heavy (non-hydrogen) atoms. The van der Waals surface area contributed by atoms with Gasteiger partial charge in [-0.25, -0.2) is 0 Å². The van der Waals surface area contributed by atoms with Crippen molar-refractivity contribution in [2.45, 2.75) is 71.5 Å². The fraction of sp³-hybridized carbons (Fsp3) is 1.00. The Morgan fingerprint density at radius 3 is 2.43 bits per heavy atom. The van der Waals surface area contributed by atoms with Crippen molar-refractivity contribution in [3.63, 3.8) is 0 Å². The Kier molecular flexibility index (Phi) is 6.51. The van der Waals surface area contributed by atoms with Crippen LogP contribution in [0.3, 0.4) is 0 Å². The SMILES string of the molecule is CC(C)C1CCCC(CC(C)C2CCOCC2O)CC1O. The second kappa shape index (κ2) is 7.94. The predicted molar refractivity (Wildman–Crippen MR) is 85.0 cm³/mol. The van der Waals surface area contributed by atoms with E-state index in [9.17, 15) is 10.2 Å². The Morgan fingerprint density at radius 2 is 1.76 bits per heavy atom. The van der Waals surface area contributed by atoms with E-state index in [-0.39, 0.29) is 12.2 Å². The molecule has 1 aliphatic carbocycles. The van der Waals surface area contributed by atoms with Crippen LogP contribution in [0.15, 0.2) is 0 Å². The highest BCUT2D eigenvalue weighted by molar-refractivity contribution is 4.83. The standard InChI is InChI=1S/C18H34O3/c1-12(2)15-6-4-5-14(10-17(15)19)9-13(3)16-7-8-21-11-18(16)20/h12-20H,4-11H2,1-3H3. The molecule has 2 N–H and O–H groups in total. The zero-order valence-corrected chi connectivity index (χ0v) is 14.0. The lowest BCUT2D eigenvalue weighted by Crippen LogP contribution is -2.37. The molecule has 1 aliphatic heterocycles. The highest BCUT2D eigenvalue weighted by atomic mass is 16.5. The van der Waals surface area contributed by atoms with Crippen LogP contribution < -0.4 is 0 Å². The quantitative estimate of drug-likeness (QED) is 0.783. The minimum atomic E-state index is -0.298. The summed E-state index contributed by atoms with van der Waals surface area (Å²) in [6.45, 7) is 8.02. The van der Waals surface area contributed by atoms with Gasteiger partial charge in [0, 0.05) is 6.61 Å². The Balaban J connectivity index is 1.87. The summed E-state index contributed by atoms with van der Waals surface area (Å²) in [5.74, 6) is 2.57. The zero-order chi connectivity index (χ0) is 15.4. The second-order valence-corrected chi connectivity index (χ2v) is 7.82. The predicted octanol–water partition coefficient (Wildman–Crippen LogP) is 3.23. The van der Waals surface area contributed by atoms with E-state index in [0.717, 1.165) is 25.9 Å². The molecule has 1 saturated heterocycles. The first-order valence-electron chi connectivity index (χ1n) is 8.93. The number of rotatable bonds is 4. The van der Waals surface area contributed by atoms with E-state index in [1.54, 1.807) is 0 Å². The van der Waals surface area contributed by atoms with Crippen LogP contribution in [0.2, 0.25) is 0 Å². The molecule has 6 unspecified atom stereocenters. The molecule has 0 bridgehead atoms. The van der Waals surface area contributed by atoms with Gasteiger partial charge in [-0.1, -0.05) is 33.6 Å². The van der Waals surface area contributed by atoms with E-state index in [2.05, 4.69) is 20.8 Å². The van der Waals surface area contributed by atoms with Crippen molar-refractivity contribution in [2.24, 2.45) is 29.6 Å². The summed E-state index contributed by atoms with van der Waals surface area (Å²) in [4.78, 5) is 0. The first-order valence-corrected chi connectivity index (χ1v) is 8.93. The van der Waals surface area contributed by atoms with Crippen LogP contribution in [-0.2, 0) is 4.74 Å². The molecule has 2 aliphatic rings. The first-order chi connectivity index (χ1) is 9.99. The summed E-state index contributed by atoms with van der Waals surface area (Å²) >= 11 is 0. The third-order valence-corrected chi connectivity index (χ3v) is 5.89. The number of aliphatic hydroxyl groups is 2. The Hall–Kier alpha value is -0.120. The van der Waals surface area contributed by atoms with E-state index in [1.165, 1.54) is 19.3 Å². The maximum Gasteiger partial charge on any atom is 0.0805 e. The van der Waals surface area contributed by atoms with Crippen LogP contribution in [0, 0.1) is 29.6 Å². The van der Waals surface area contributed by atoms with Crippen LogP contribution in [0.5, 0.6) is 0 Å². The fourth-order valence-corrected chi connectivity index (χ4v) is 4.56. The minimum absolute atomic E-state index is 0.135. The lowest BCUT2D eigenvalue weighted by atomic mass is 9.78. The normalized spacial score (nSPS) is 40.0. The monoisotopic (exact) mass is 298 g/mol. The van der Waals surface area contributed by atoms with E-state index in [1.807, 2.05) is 0 Å². The van der Waals surface area contributed by atoms with E-state index in [4.69, 9.17) is 4.74 Å². The summed E-state index contributed by atoms with van der Waals surface area (Å²) in [7, 11) is 0. The molecule has 0 aromatic carbocycles. The number of hydrogen-bond donors (Lipinski definition) is 2. The molecule has 2 fully saturated rings. The van der Waals surface area contributed by atoms with Crippen molar-refractivity contribution in [3.05, 3.63) is 0 Å². The average molecular weight is 298 g/mol. The smallest absolute Gasteiger partial charge is 0.0805 e. The van der Waals surface area contributed by atoms with E-state index < -0.39 is 0 Å². The van der Waals surface area contributed by atoms with Crippen LogP contribution in [0.25, 0.3) is 0 Å². The van der Waals surface area contributed by atoms with Crippen LogP contribution >= 0.6 is 0 Å². The Morgan fingerprint density at radius 1 is 1.00 bits per heavy atom. The van der Waals surface area contributed by atoms with Gasteiger partial charge in [0.05, 0.1) is 18.8 Å². The number of hydrogen-bond acceptors (Lipinski definition) is 3. The molecule has 0 aromatic rings. The molecule has 1 saturated carbocycles. The molecule has 2 rings (SSSR count). The van der Waals surface area contributed by atoms with Crippen LogP contribution in [-0.4, -0.2) is 35.6 Å². The summed E-state index contributed by atoms with van der Waals surface area (Å²) in [6.07, 6.45) is 6.29. The lowest BCUT2D eigenvalue weighted by molar-refractivity contribution is -0.0630. The Labute approximate surface area is 130 Å². The molecule has 0 aromatic heterocycles. The van der Waals surface area contributed by atoms with Crippen molar-refractivity contribution < 1.29 is 14.9 Å². The van der Waals surface area contributed by atoms with Crippen LogP contribution in [0.4, 0.5) is 0 Å². The van der Waals surface area contributed by atoms with Gasteiger partial charge in [-0.3, -0.25) is 0 Å². The van der Waals surface area contributed by atoms with Gasteiger partial charge in [-0.05, 0) is 55.3 Å². The van der Waals surface area contributed by atoms with Crippen molar-refractivity contribution in [1.29, 1.82) is 0 Å². The molecule has 0 amide bonds. The first kappa shape index (κ1) is 17.2. The van der Waals surface area contributed by atoms with E-state index >= 15 is 0 Å². The molecule has 3 heteroatoms. The van der Waals surface area contributed by atoms with Gasteiger partial charge in [-0.2, -0.15) is 0 Å². The van der Waals surface area contributed by atoms with Gasteiger partial charge in [0.2, 0.25) is 0 Å². The van der Waals surface area contributed by atoms with Crippen molar-refractivity contribution in [2.75, 3.05) is 13.2 Å². The zero-order valence-electron chi connectivity index (χ0n) is 14.0. The number of aliphatic hydroxyl groups excluding tert-OH is 2. The van der Waals surface area contributed by atoms with E-state index in [0.29, 0.717) is 36.2 Å².